The molecule has 0 fully saturated rings. The minimum absolute atomic E-state index is 0.343. The van der Waals surface area contributed by atoms with Crippen LogP contribution in [0.1, 0.15) is 39.1 Å². The molecule has 0 saturated heterocycles. The summed E-state index contributed by atoms with van der Waals surface area (Å²) >= 11 is 11.2. The topological polar surface area (TPSA) is 122 Å². The number of ether oxygens (including phenoxy) is 2. The number of halogens is 2. The summed E-state index contributed by atoms with van der Waals surface area (Å²) < 4.78 is 10.1. The van der Waals surface area contributed by atoms with Crippen molar-refractivity contribution in [3.8, 4) is 22.8 Å². The zero-order valence-electron chi connectivity index (χ0n) is 22.8. The number of hydrogen-bond acceptors (Lipinski definition) is 10. The third-order valence-corrected chi connectivity index (χ3v) is 4.95. The fraction of sp³-hybridized carbons (Fsp3) is 0.214. The van der Waals surface area contributed by atoms with Gasteiger partial charge >= 0.3 is 0 Å². The van der Waals surface area contributed by atoms with Gasteiger partial charge in [0.25, 0.3) is 0 Å². The Morgan fingerprint density at radius 1 is 0.575 bits per heavy atom. The third-order valence-electron chi connectivity index (χ3n) is 4.55. The second kappa shape index (κ2) is 16.6. The molecule has 0 amide bonds. The molecule has 0 aliphatic rings. The van der Waals surface area contributed by atoms with Crippen molar-refractivity contribution in [1.29, 1.82) is 0 Å². The molecule has 0 spiro atoms. The largest absolute Gasteiger partial charge is 0.499 e. The van der Waals surface area contributed by atoms with Crippen molar-refractivity contribution in [3.05, 3.63) is 95.7 Å². The van der Waals surface area contributed by atoms with Crippen molar-refractivity contribution >= 4 is 34.5 Å². The van der Waals surface area contributed by atoms with Gasteiger partial charge < -0.3 is 9.47 Å². The Balaban J connectivity index is 0.000000242. The molecule has 208 valence electrons. The summed E-state index contributed by atoms with van der Waals surface area (Å²) in [6.07, 6.45) is 0. The Morgan fingerprint density at radius 2 is 0.975 bits per heavy atom. The van der Waals surface area contributed by atoms with Crippen LogP contribution in [-0.2, 0) is 9.47 Å². The van der Waals surface area contributed by atoms with Gasteiger partial charge in [-0.15, -0.1) is 35.7 Å². The molecule has 0 aromatic carbocycles. The van der Waals surface area contributed by atoms with Crippen LogP contribution in [0.5, 0.6) is 0 Å². The highest BCUT2D eigenvalue weighted by molar-refractivity contribution is 6.29. The van der Waals surface area contributed by atoms with Crippen LogP contribution in [0.25, 0.3) is 34.1 Å². The molecule has 4 rings (SSSR count). The lowest BCUT2D eigenvalue weighted by Crippen LogP contribution is -1.98. The summed E-state index contributed by atoms with van der Waals surface area (Å²) in [7, 11) is 0. The van der Waals surface area contributed by atoms with Crippen molar-refractivity contribution < 1.29 is 9.47 Å². The van der Waals surface area contributed by atoms with Crippen molar-refractivity contribution in [1.82, 2.24) is 40.8 Å². The van der Waals surface area contributed by atoms with Gasteiger partial charge in [0.1, 0.15) is 34.2 Å². The van der Waals surface area contributed by atoms with Gasteiger partial charge in [-0.25, -0.2) is 0 Å². The predicted molar refractivity (Wildman–Crippen MR) is 158 cm³/mol. The van der Waals surface area contributed by atoms with E-state index in [0.717, 1.165) is 23.6 Å². The molecule has 0 atom stereocenters. The van der Waals surface area contributed by atoms with Gasteiger partial charge in [-0.1, -0.05) is 42.9 Å². The molecule has 40 heavy (non-hydrogen) atoms. The van der Waals surface area contributed by atoms with E-state index in [4.69, 9.17) is 32.7 Å². The normalized spacial score (nSPS) is 9.75. The smallest absolute Gasteiger partial charge is 0.151 e. The van der Waals surface area contributed by atoms with E-state index >= 15 is 0 Å². The lowest BCUT2D eigenvalue weighted by atomic mass is 10.2. The van der Waals surface area contributed by atoms with E-state index in [1.54, 1.807) is 30.3 Å². The maximum atomic E-state index is 5.59. The lowest BCUT2D eigenvalue weighted by molar-refractivity contribution is 0.233. The summed E-state index contributed by atoms with van der Waals surface area (Å²) in [6, 6.07) is 14.0. The molecule has 10 nitrogen and oxygen atoms in total. The molecule has 0 N–H and O–H groups in total. The minimum atomic E-state index is 0.343. The predicted octanol–water partition coefficient (Wildman–Crippen LogP) is 6.77. The van der Waals surface area contributed by atoms with Crippen LogP contribution >= 0.6 is 23.2 Å². The Bertz CT molecular complexity index is 1340. The number of allylic oxidation sites excluding steroid dienone is 2. The highest BCUT2D eigenvalue weighted by Gasteiger charge is 2.07. The van der Waals surface area contributed by atoms with E-state index in [1.165, 1.54) is 0 Å². The van der Waals surface area contributed by atoms with Crippen LogP contribution < -0.4 is 0 Å². The van der Waals surface area contributed by atoms with Gasteiger partial charge in [-0.3, -0.25) is 0 Å². The maximum absolute atomic E-state index is 5.59. The van der Waals surface area contributed by atoms with E-state index in [1.807, 2.05) is 45.9 Å². The fourth-order valence-corrected chi connectivity index (χ4v) is 2.92. The Hall–Kier alpha value is -4.28. The zero-order valence-corrected chi connectivity index (χ0v) is 24.3. The Kier molecular flexibility index (Phi) is 13.3. The van der Waals surface area contributed by atoms with Gasteiger partial charge in [0.15, 0.2) is 10.3 Å². The first-order valence-corrected chi connectivity index (χ1v) is 12.8. The zero-order chi connectivity index (χ0) is 29.5. The molecule has 0 saturated carbocycles. The quantitative estimate of drug-likeness (QED) is 0.206. The second-order valence-corrected chi connectivity index (χ2v) is 8.64. The van der Waals surface area contributed by atoms with Crippen LogP contribution in [0.3, 0.4) is 0 Å². The average Bonchev–Trinajstić information content (AvgIpc) is 2.95. The summed E-state index contributed by atoms with van der Waals surface area (Å²) in [6.45, 7) is 20.0. The standard InChI is InChI=1S/C15H16N4O.C8H4Cl2N4.C5H10O/c1-5-20-11(4)13-7-9-15(19-17-13)14-8-6-12(10(2)3)16-18-14;9-7-3-1-5(11-13-7)6-2-4-8(10)14-12-6;1-4-6-5(2)3/h6-9H,2,4-5H2,1,3H3;1-4H;2,4H2,1,3H3. The van der Waals surface area contributed by atoms with Crippen LogP contribution in [0, 0.1) is 0 Å². The van der Waals surface area contributed by atoms with Gasteiger partial charge in [0.05, 0.1) is 24.7 Å². The van der Waals surface area contributed by atoms with Crippen molar-refractivity contribution in [3.63, 3.8) is 0 Å². The molecule has 4 aromatic heterocycles. The molecule has 4 aromatic rings. The third kappa shape index (κ3) is 10.8. The molecular weight excluding hydrogens is 551 g/mol. The number of rotatable bonds is 8. The summed E-state index contributed by atoms with van der Waals surface area (Å²) in [5.41, 5.74) is 4.79. The van der Waals surface area contributed by atoms with Gasteiger partial charge in [0.2, 0.25) is 0 Å². The van der Waals surface area contributed by atoms with Crippen LogP contribution in [0.2, 0.25) is 10.3 Å². The van der Waals surface area contributed by atoms with Crippen molar-refractivity contribution in [2.45, 2.75) is 27.7 Å². The monoisotopic (exact) mass is 580 g/mol. The Morgan fingerprint density at radius 3 is 1.25 bits per heavy atom. The van der Waals surface area contributed by atoms with E-state index in [2.05, 4.69) is 60.5 Å². The van der Waals surface area contributed by atoms with Gasteiger partial charge in [0, 0.05) is 0 Å². The minimum Gasteiger partial charge on any atom is -0.499 e. The van der Waals surface area contributed by atoms with Crippen LogP contribution in [0.15, 0.2) is 74.0 Å². The van der Waals surface area contributed by atoms with E-state index in [0.29, 0.717) is 51.1 Å². The average molecular weight is 582 g/mol. The van der Waals surface area contributed by atoms with E-state index < -0.39 is 0 Å². The lowest BCUT2D eigenvalue weighted by Gasteiger charge is -2.05. The molecule has 12 heteroatoms. The summed E-state index contributed by atoms with van der Waals surface area (Å²) in [4.78, 5) is 0. The molecule has 0 radical (unpaired) electrons. The molecule has 4 heterocycles. The summed E-state index contributed by atoms with van der Waals surface area (Å²) in [5, 5.41) is 32.2. The van der Waals surface area contributed by atoms with Gasteiger partial charge in [-0.05, 0) is 81.8 Å². The molecular formula is C28H30Cl2N8O2. The van der Waals surface area contributed by atoms with Crippen molar-refractivity contribution in [2.24, 2.45) is 0 Å². The number of aromatic nitrogens is 8. The number of hydrogen-bond donors (Lipinski definition) is 0. The highest BCUT2D eigenvalue weighted by atomic mass is 35.5. The first-order valence-electron chi connectivity index (χ1n) is 12.1. The van der Waals surface area contributed by atoms with E-state index in [-0.39, 0.29) is 0 Å². The van der Waals surface area contributed by atoms with E-state index in [9.17, 15) is 0 Å². The molecule has 0 bridgehead atoms. The second-order valence-electron chi connectivity index (χ2n) is 7.86. The maximum Gasteiger partial charge on any atom is 0.151 e. The fourth-order valence-electron chi connectivity index (χ4n) is 2.71. The first kappa shape index (κ1) is 31.9. The SMILES string of the molecule is C=C(C)OCC.C=C(C)c1ccc(-c2ccc(C(=C)OCC)nn2)nn1.Clc1ccc(-c2ccc(Cl)nn2)nn1. The van der Waals surface area contributed by atoms with Crippen LogP contribution in [0.4, 0.5) is 0 Å². The highest BCUT2D eigenvalue weighted by Crippen LogP contribution is 2.17. The molecule has 0 aliphatic carbocycles. The molecule has 0 aliphatic heterocycles. The molecule has 0 unspecified atom stereocenters. The first-order chi connectivity index (χ1) is 19.1. The van der Waals surface area contributed by atoms with Crippen molar-refractivity contribution in [2.75, 3.05) is 13.2 Å². The Labute approximate surface area is 243 Å². The van der Waals surface area contributed by atoms with Crippen LogP contribution in [-0.4, -0.2) is 54.0 Å². The van der Waals surface area contributed by atoms with Gasteiger partial charge in [-0.2, -0.15) is 5.10 Å². The summed E-state index contributed by atoms with van der Waals surface area (Å²) in [5.74, 6) is 1.30. The number of nitrogens with zero attached hydrogens (tertiary/aromatic N) is 8.